The van der Waals surface area contributed by atoms with Crippen molar-refractivity contribution >= 4 is 46.4 Å². The minimum Gasteiger partial charge on any atom is -0.166 e. The van der Waals surface area contributed by atoms with Crippen LogP contribution in [0.15, 0.2) is 30.3 Å². The summed E-state index contributed by atoms with van der Waals surface area (Å²) in [6, 6.07) is 6.42. The van der Waals surface area contributed by atoms with Gasteiger partial charge in [-0.2, -0.15) is 13.2 Å². The van der Waals surface area contributed by atoms with Gasteiger partial charge in [-0.1, -0.05) is 34.8 Å². The van der Waals surface area contributed by atoms with Gasteiger partial charge in [-0.25, -0.2) is 0 Å². The number of benzene rings is 2. The van der Waals surface area contributed by atoms with Crippen LogP contribution in [0.2, 0.25) is 15.1 Å². The van der Waals surface area contributed by atoms with Crippen molar-refractivity contribution in [1.29, 1.82) is 0 Å². The third kappa shape index (κ3) is 3.59. The molecule has 0 heterocycles. The van der Waals surface area contributed by atoms with Gasteiger partial charge >= 0.3 is 6.18 Å². The van der Waals surface area contributed by atoms with Crippen LogP contribution >= 0.6 is 46.4 Å². The van der Waals surface area contributed by atoms with Crippen LogP contribution in [0.1, 0.15) is 11.1 Å². The van der Waals surface area contributed by atoms with E-state index in [1.807, 2.05) is 0 Å². The number of hydrogen-bond donors (Lipinski definition) is 0. The Bertz CT molecular complexity index is 681. The third-order valence-electron chi connectivity index (χ3n) is 2.81. The Morgan fingerprint density at radius 1 is 0.905 bits per heavy atom. The normalized spacial score (nSPS) is 11.8. The summed E-state index contributed by atoms with van der Waals surface area (Å²) < 4.78 is 38.8. The van der Waals surface area contributed by atoms with Gasteiger partial charge in [0.25, 0.3) is 0 Å². The van der Waals surface area contributed by atoms with E-state index in [4.69, 9.17) is 46.4 Å². The number of hydrogen-bond acceptors (Lipinski definition) is 0. The molecule has 112 valence electrons. The van der Waals surface area contributed by atoms with Crippen molar-refractivity contribution in [2.45, 2.75) is 12.1 Å². The van der Waals surface area contributed by atoms with Crippen molar-refractivity contribution < 1.29 is 13.2 Å². The number of alkyl halides is 4. The molecule has 0 aliphatic heterocycles. The molecule has 0 saturated carbocycles. The van der Waals surface area contributed by atoms with Gasteiger partial charge in [0.15, 0.2) is 0 Å². The van der Waals surface area contributed by atoms with E-state index >= 15 is 0 Å². The fraction of sp³-hybridized carbons (Fsp3) is 0.143. The van der Waals surface area contributed by atoms with Crippen molar-refractivity contribution in [3.05, 3.63) is 56.5 Å². The molecule has 0 fully saturated rings. The fourth-order valence-electron chi connectivity index (χ4n) is 1.87. The molecule has 0 nitrogen and oxygen atoms in total. The lowest BCUT2D eigenvalue weighted by molar-refractivity contribution is -0.137. The molecule has 0 N–H and O–H groups in total. The highest BCUT2D eigenvalue weighted by atomic mass is 35.5. The SMILES string of the molecule is FC(F)(F)c1cc(CCl)cc(-c2c(Cl)ccc(Cl)c2Cl)c1. The number of halogens is 7. The molecule has 2 rings (SSSR count). The Morgan fingerprint density at radius 2 is 1.52 bits per heavy atom. The maximum Gasteiger partial charge on any atom is 0.416 e. The van der Waals surface area contributed by atoms with E-state index in [2.05, 4.69) is 0 Å². The highest BCUT2D eigenvalue weighted by Crippen LogP contribution is 2.41. The first-order valence-electron chi connectivity index (χ1n) is 5.65. The lowest BCUT2D eigenvalue weighted by Gasteiger charge is -2.14. The quantitative estimate of drug-likeness (QED) is 0.390. The molecule has 0 amide bonds. The molecule has 2 aromatic carbocycles. The second-order valence-electron chi connectivity index (χ2n) is 4.27. The molecule has 0 saturated heterocycles. The third-order valence-corrected chi connectivity index (χ3v) is 4.23. The van der Waals surface area contributed by atoms with Crippen molar-refractivity contribution in [1.82, 2.24) is 0 Å². The van der Waals surface area contributed by atoms with Crippen LogP contribution in [0.3, 0.4) is 0 Å². The largest absolute Gasteiger partial charge is 0.416 e. The smallest absolute Gasteiger partial charge is 0.166 e. The van der Waals surface area contributed by atoms with Gasteiger partial charge in [-0.3, -0.25) is 0 Å². The summed E-state index contributed by atoms with van der Waals surface area (Å²) in [5.74, 6) is -0.0628. The Kier molecular flexibility index (Phi) is 4.99. The van der Waals surface area contributed by atoms with E-state index in [0.29, 0.717) is 5.56 Å². The van der Waals surface area contributed by atoms with E-state index < -0.39 is 11.7 Å². The molecule has 0 unspecified atom stereocenters. The van der Waals surface area contributed by atoms with Gasteiger partial charge in [-0.15, -0.1) is 11.6 Å². The minimum atomic E-state index is -4.49. The van der Waals surface area contributed by atoms with Crippen LogP contribution in [-0.2, 0) is 12.1 Å². The Balaban J connectivity index is 2.73. The van der Waals surface area contributed by atoms with Crippen molar-refractivity contribution in [3.8, 4) is 11.1 Å². The second kappa shape index (κ2) is 6.25. The predicted octanol–water partition coefficient (Wildman–Crippen LogP) is 7.07. The molecule has 0 radical (unpaired) electrons. The zero-order valence-electron chi connectivity index (χ0n) is 10.2. The fourth-order valence-corrected chi connectivity index (χ4v) is 2.77. The average Bonchev–Trinajstić information content (AvgIpc) is 2.42. The molecule has 0 atom stereocenters. The highest BCUT2D eigenvalue weighted by Gasteiger charge is 2.31. The maximum absolute atomic E-state index is 12.9. The average molecular weight is 374 g/mol. The molecule has 2 aromatic rings. The molecule has 7 heteroatoms. The summed E-state index contributed by atoms with van der Waals surface area (Å²) in [7, 11) is 0. The zero-order chi connectivity index (χ0) is 15.8. The molecule has 0 spiro atoms. The topological polar surface area (TPSA) is 0 Å². The lowest BCUT2D eigenvalue weighted by Crippen LogP contribution is -2.06. The molecule has 21 heavy (non-hydrogen) atoms. The van der Waals surface area contributed by atoms with Crippen LogP contribution in [-0.4, -0.2) is 0 Å². The van der Waals surface area contributed by atoms with E-state index in [0.717, 1.165) is 12.1 Å². The van der Waals surface area contributed by atoms with E-state index in [1.165, 1.54) is 18.2 Å². The first kappa shape index (κ1) is 16.8. The zero-order valence-corrected chi connectivity index (χ0v) is 13.3. The van der Waals surface area contributed by atoms with Crippen LogP contribution in [0.5, 0.6) is 0 Å². The Morgan fingerprint density at radius 3 is 2.10 bits per heavy atom. The second-order valence-corrected chi connectivity index (χ2v) is 5.73. The molecule has 0 aliphatic carbocycles. The van der Waals surface area contributed by atoms with Gasteiger partial charge in [-0.05, 0) is 41.5 Å². The lowest BCUT2D eigenvalue weighted by atomic mass is 10.00. The summed E-state index contributed by atoms with van der Waals surface area (Å²) in [5, 5.41) is 0.522. The van der Waals surface area contributed by atoms with E-state index in [-0.39, 0.29) is 32.1 Å². The first-order valence-corrected chi connectivity index (χ1v) is 7.32. The monoisotopic (exact) mass is 372 g/mol. The molecular formula is C14H7Cl4F3. The summed E-state index contributed by atoms with van der Waals surface area (Å²) in [6.45, 7) is 0. The summed E-state index contributed by atoms with van der Waals surface area (Å²) >= 11 is 23.7. The summed E-state index contributed by atoms with van der Waals surface area (Å²) in [5.41, 5.74) is -0.0300. The van der Waals surface area contributed by atoms with Crippen LogP contribution < -0.4 is 0 Å². The minimum absolute atomic E-state index is 0.0628. The van der Waals surface area contributed by atoms with Crippen LogP contribution in [0, 0.1) is 0 Å². The van der Waals surface area contributed by atoms with Gasteiger partial charge in [0.2, 0.25) is 0 Å². The Hall–Kier alpha value is -0.610. The van der Waals surface area contributed by atoms with Crippen LogP contribution in [0.25, 0.3) is 11.1 Å². The van der Waals surface area contributed by atoms with Gasteiger partial charge in [0.05, 0.1) is 15.6 Å². The van der Waals surface area contributed by atoms with E-state index in [1.54, 1.807) is 0 Å². The van der Waals surface area contributed by atoms with Gasteiger partial charge in [0.1, 0.15) is 0 Å². The van der Waals surface area contributed by atoms with Crippen molar-refractivity contribution in [3.63, 3.8) is 0 Å². The van der Waals surface area contributed by atoms with Gasteiger partial charge in [0, 0.05) is 16.5 Å². The Labute approximate surface area is 139 Å². The summed E-state index contributed by atoms with van der Waals surface area (Å²) in [6.07, 6.45) is -4.49. The van der Waals surface area contributed by atoms with E-state index in [9.17, 15) is 13.2 Å². The highest BCUT2D eigenvalue weighted by molar-refractivity contribution is 6.46. The molecule has 0 aliphatic rings. The molecule has 0 bridgehead atoms. The van der Waals surface area contributed by atoms with Crippen molar-refractivity contribution in [2.75, 3.05) is 0 Å². The van der Waals surface area contributed by atoms with Crippen molar-refractivity contribution in [2.24, 2.45) is 0 Å². The summed E-state index contributed by atoms with van der Waals surface area (Å²) in [4.78, 5) is 0. The molecular weight excluding hydrogens is 367 g/mol. The first-order chi connectivity index (χ1) is 9.74. The predicted molar refractivity (Wildman–Crippen MR) is 81.5 cm³/mol. The van der Waals surface area contributed by atoms with Crippen LogP contribution in [0.4, 0.5) is 13.2 Å². The standard InChI is InChI=1S/C14H7Cl4F3/c15-6-7-3-8(5-9(4-7)14(19,20)21)12-10(16)1-2-11(17)13(12)18/h1-5H,6H2. The van der Waals surface area contributed by atoms with Gasteiger partial charge < -0.3 is 0 Å². The maximum atomic E-state index is 12.9. The molecule has 0 aromatic heterocycles. The number of rotatable bonds is 2.